The highest BCUT2D eigenvalue weighted by Gasteiger charge is 2.01. The van der Waals surface area contributed by atoms with Crippen LogP contribution < -0.4 is 9.13 Å². The second-order valence-electron chi connectivity index (χ2n) is 4.40. The Hall–Kier alpha value is -2.82. The number of aryl methyl sites for hydroxylation is 2. The van der Waals surface area contributed by atoms with Gasteiger partial charge in [-0.05, 0) is 0 Å². The standard InChI is InChI=1S/C12H20N4O.2HNO2/c1-13-3-5-15(11-13)7-9-17-10-8-16-6-4-14(2)12-16;2*2-1-3/h3-6,11-12H,7-10H2,1-2H3;2*(H,2,3)/q+2;;/p-2. The van der Waals surface area contributed by atoms with E-state index < -0.39 is 0 Å². The second-order valence-corrected chi connectivity index (χ2v) is 4.40. The van der Waals surface area contributed by atoms with Crippen molar-refractivity contribution in [3.05, 3.63) is 57.7 Å². The first-order valence-corrected chi connectivity index (χ1v) is 6.57. The second kappa shape index (κ2) is 12.9. The van der Waals surface area contributed by atoms with Gasteiger partial charge in [-0.25, -0.2) is 18.3 Å². The SMILES string of the molecule is C[n+]1ccn(CCOCCn2cc[n+](C)c2)c1.O=N[O-].O=N[O-]. The summed E-state index contributed by atoms with van der Waals surface area (Å²) in [6.07, 6.45) is 12.3. The highest BCUT2D eigenvalue weighted by Crippen LogP contribution is 1.88. The predicted octanol–water partition coefficient (Wildman–Crippen LogP) is 0.157. The molecule has 0 amide bonds. The molecule has 2 rings (SSSR count). The fourth-order valence-electron chi connectivity index (χ4n) is 1.71. The first-order chi connectivity index (χ1) is 11.1. The van der Waals surface area contributed by atoms with Gasteiger partial charge in [0.05, 0.1) is 27.3 Å². The van der Waals surface area contributed by atoms with E-state index in [1.54, 1.807) is 0 Å². The van der Waals surface area contributed by atoms with Crippen molar-refractivity contribution >= 4 is 0 Å². The lowest BCUT2D eigenvalue weighted by molar-refractivity contribution is -0.671. The third-order valence-electron chi connectivity index (χ3n) is 2.64. The van der Waals surface area contributed by atoms with Gasteiger partial charge in [-0.2, -0.15) is 0 Å². The number of ether oxygens (including phenoxy) is 1. The average molecular weight is 328 g/mol. The molecule has 0 spiro atoms. The Bertz CT molecular complexity index is 507. The van der Waals surface area contributed by atoms with E-state index in [2.05, 4.69) is 34.2 Å². The summed E-state index contributed by atoms with van der Waals surface area (Å²) in [6, 6.07) is 0. The van der Waals surface area contributed by atoms with Crippen molar-refractivity contribution in [1.82, 2.24) is 9.13 Å². The Morgan fingerprint density at radius 3 is 1.52 bits per heavy atom. The normalized spacial score (nSPS) is 9.13. The van der Waals surface area contributed by atoms with E-state index in [-0.39, 0.29) is 0 Å². The predicted molar refractivity (Wildman–Crippen MR) is 80.4 cm³/mol. The zero-order valence-electron chi connectivity index (χ0n) is 13.0. The highest BCUT2D eigenvalue weighted by atomic mass is 16.6. The smallest absolute Gasteiger partial charge is 0.243 e. The zero-order chi connectivity index (χ0) is 17.5. The molecule has 128 valence electrons. The molecule has 11 heteroatoms. The lowest BCUT2D eigenvalue weighted by Crippen LogP contribution is -2.24. The molecular formula is C12H20N6O5. The van der Waals surface area contributed by atoms with Gasteiger partial charge in [0, 0.05) is 0 Å². The van der Waals surface area contributed by atoms with Gasteiger partial charge >= 0.3 is 0 Å². The summed E-state index contributed by atoms with van der Waals surface area (Å²) >= 11 is 0. The Balaban J connectivity index is 0.000000704. The van der Waals surface area contributed by atoms with Crippen molar-refractivity contribution in [1.29, 1.82) is 0 Å². The number of hydrogen-bond donors (Lipinski definition) is 0. The van der Waals surface area contributed by atoms with Crippen LogP contribution in [0.1, 0.15) is 0 Å². The molecule has 0 aromatic carbocycles. The van der Waals surface area contributed by atoms with Gasteiger partial charge in [-0.3, -0.25) is 0 Å². The summed E-state index contributed by atoms with van der Waals surface area (Å²) in [6.45, 7) is 3.31. The van der Waals surface area contributed by atoms with E-state index in [1.165, 1.54) is 0 Å². The quantitative estimate of drug-likeness (QED) is 0.322. The minimum Gasteiger partial charge on any atom is -0.444 e. The van der Waals surface area contributed by atoms with Gasteiger partial charge in [0.15, 0.2) is 0 Å². The molecule has 0 atom stereocenters. The molecule has 2 heterocycles. The Morgan fingerprint density at radius 1 is 0.913 bits per heavy atom. The molecule has 0 radical (unpaired) electrons. The fraction of sp³-hybridized carbons (Fsp3) is 0.500. The van der Waals surface area contributed by atoms with Gasteiger partial charge in [0.2, 0.25) is 12.7 Å². The Labute approximate surface area is 132 Å². The number of imidazole rings is 2. The van der Waals surface area contributed by atoms with E-state index in [0.29, 0.717) is 0 Å². The molecule has 0 aliphatic rings. The van der Waals surface area contributed by atoms with Gasteiger partial charge in [-0.1, -0.05) is 0 Å². The molecule has 0 aliphatic heterocycles. The summed E-state index contributed by atoms with van der Waals surface area (Å²) in [5.74, 6) is 0. The number of nitrogens with zero attached hydrogens (tertiary/aromatic N) is 6. The first-order valence-electron chi connectivity index (χ1n) is 6.57. The minimum atomic E-state index is 0.752. The van der Waals surface area contributed by atoms with E-state index in [0.717, 1.165) is 37.0 Å². The van der Waals surface area contributed by atoms with Crippen molar-refractivity contribution in [3.63, 3.8) is 0 Å². The molecule has 2 aromatic rings. The molecular weight excluding hydrogens is 308 g/mol. The Morgan fingerprint density at radius 2 is 1.26 bits per heavy atom. The molecule has 0 fully saturated rings. The molecule has 0 bridgehead atoms. The van der Waals surface area contributed by atoms with Crippen LogP contribution in [0.3, 0.4) is 0 Å². The molecule has 0 saturated heterocycles. The lowest BCUT2D eigenvalue weighted by atomic mass is 10.6. The molecule has 0 aliphatic carbocycles. The van der Waals surface area contributed by atoms with Gasteiger partial charge < -0.3 is 25.0 Å². The van der Waals surface area contributed by atoms with Crippen molar-refractivity contribution in [2.75, 3.05) is 13.2 Å². The van der Waals surface area contributed by atoms with Crippen LogP contribution >= 0.6 is 0 Å². The van der Waals surface area contributed by atoms with E-state index in [9.17, 15) is 0 Å². The molecule has 0 saturated carbocycles. The maximum Gasteiger partial charge on any atom is 0.243 e. The van der Waals surface area contributed by atoms with Gasteiger partial charge in [-0.15, -0.1) is 10.7 Å². The number of rotatable bonds is 6. The minimum absolute atomic E-state index is 0.752. The molecule has 0 N–H and O–H groups in total. The van der Waals surface area contributed by atoms with Crippen LogP contribution in [-0.4, -0.2) is 22.3 Å². The van der Waals surface area contributed by atoms with Crippen LogP contribution in [0.2, 0.25) is 0 Å². The van der Waals surface area contributed by atoms with E-state index in [1.807, 2.05) is 35.6 Å². The first kappa shape index (κ1) is 20.2. The molecule has 0 unspecified atom stereocenters. The van der Waals surface area contributed by atoms with Crippen LogP contribution in [0.15, 0.2) is 48.1 Å². The average Bonchev–Trinajstić information content (AvgIpc) is 3.09. The summed E-state index contributed by atoms with van der Waals surface area (Å²) in [5, 5.41) is 18.0. The highest BCUT2D eigenvalue weighted by molar-refractivity contribution is 4.66. The zero-order valence-corrected chi connectivity index (χ0v) is 13.0. The number of hydrogen-bond acceptors (Lipinski definition) is 7. The van der Waals surface area contributed by atoms with Crippen LogP contribution in [0, 0.1) is 20.2 Å². The summed E-state index contributed by atoms with van der Waals surface area (Å²) < 4.78 is 13.9. The summed E-state index contributed by atoms with van der Waals surface area (Å²) in [4.78, 5) is 16.0. The van der Waals surface area contributed by atoms with E-state index >= 15 is 0 Å². The molecule has 11 nitrogen and oxygen atoms in total. The fourth-order valence-corrected chi connectivity index (χ4v) is 1.71. The van der Waals surface area contributed by atoms with Crippen LogP contribution in [0.5, 0.6) is 0 Å². The van der Waals surface area contributed by atoms with Gasteiger partial charge in [0.25, 0.3) is 0 Å². The largest absolute Gasteiger partial charge is 0.444 e. The third kappa shape index (κ3) is 10.5. The lowest BCUT2D eigenvalue weighted by Gasteiger charge is -2.00. The van der Waals surface area contributed by atoms with Crippen molar-refractivity contribution in [2.24, 2.45) is 24.8 Å². The summed E-state index contributed by atoms with van der Waals surface area (Å²) in [5.41, 5.74) is 0. The molecule has 2 aromatic heterocycles. The monoisotopic (exact) mass is 328 g/mol. The van der Waals surface area contributed by atoms with Crippen LogP contribution in [-0.2, 0) is 31.9 Å². The van der Waals surface area contributed by atoms with Crippen LogP contribution in [0.4, 0.5) is 0 Å². The van der Waals surface area contributed by atoms with Crippen molar-refractivity contribution in [2.45, 2.75) is 13.1 Å². The van der Waals surface area contributed by atoms with E-state index in [4.69, 9.17) is 25.0 Å². The van der Waals surface area contributed by atoms with Crippen LogP contribution in [0.25, 0.3) is 0 Å². The van der Waals surface area contributed by atoms with Gasteiger partial charge in [0.1, 0.15) is 37.9 Å². The molecule has 23 heavy (non-hydrogen) atoms. The topological polar surface area (TPSA) is 132 Å². The third-order valence-corrected chi connectivity index (χ3v) is 2.64. The maximum atomic E-state index is 8.00. The number of aromatic nitrogens is 4. The summed E-state index contributed by atoms with van der Waals surface area (Å²) in [7, 11) is 4.03. The van der Waals surface area contributed by atoms with Crippen molar-refractivity contribution < 1.29 is 13.9 Å². The van der Waals surface area contributed by atoms with Crippen molar-refractivity contribution in [3.8, 4) is 0 Å². The maximum absolute atomic E-state index is 8.00. The Kier molecular flexibility index (Phi) is 11.3.